The maximum atomic E-state index is 12.6. The number of carbonyl (C=O) groups is 1. The molecule has 1 heterocycles. The number of aryl methyl sites for hydroxylation is 2. The Balaban J connectivity index is 1.68. The van der Waals surface area contributed by atoms with E-state index in [-0.39, 0.29) is 5.91 Å². The van der Waals surface area contributed by atoms with Gasteiger partial charge in [0.15, 0.2) is 6.10 Å². The Morgan fingerprint density at radius 1 is 1.00 bits per heavy atom. The number of benzene rings is 2. The average molecular weight is 396 g/mol. The Kier molecular flexibility index (Phi) is 6.09. The summed E-state index contributed by atoms with van der Waals surface area (Å²) in [7, 11) is 0. The molecule has 0 aliphatic heterocycles. The number of anilines is 1. The number of nitrogens with one attached hydrogen (secondary N) is 1. The number of carbonyl (C=O) groups excluding carboxylic acids is 1. The van der Waals surface area contributed by atoms with Crippen LogP contribution in [0.5, 0.6) is 5.75 Å². The maximum absolute atomic E-state index is 12.6. The molecule has 146 valence electrons. The molecular weight excluding hydrogens is 370 g/mol. The first-order chi connectivity index (χ1) is 13.3. The lowest BCUT2D eigenvalue weighted by Gasteiger charge is -2.18. The summed E-state index contributed by atoms with van der Waals surface area (Å²) in [6.45, 7) is 10.0. The molecule has 0 radical (unpaired) electrons. The summed E-state index contributed by atoms with van der Waals surface area (Å²) in [5, 5.41) is 12.3. The van der Waals surface area contributed by atoms with Crippen molar-refractivity contribution in [2.45, 2.75) is 46.6 Å². The number of rotatable bonds is 6. The Bertz CT molecular complexity index is 964. The summed E-state index contributed by atoms with van der Waals surface area (Å²) in [5.41, 5.74) is 4.35. The molecule has 1 atom stereocenters. The molecule has 2 aromatic carbocycles. The zero-order valence-corrected chi connectivity index (χ0v) is 17.6. The predicted octanol–water partition coefficient (Wildman–Crippen LogP) is 5.35. The lowest BCUT2D eigenvalue weighted by Crippen LogP contribution is -2.30. The number of hydrogen-bond donors (Lipinski definition) is 1. The largest absolute Gasteiger partial charge is 0.481 e. The van der Waals surface area contributed by atoms with Crippen LogP contribution >= 0.6 is 11.3 Å². The molecule has 0 saturated carbocycles. The summed E-state index contributed by atoms with van der Waals surface area (Å²) >= 11 is 1.34. The molecular formula is C22H25N3O2S. The van der Waals surface area contributed by atoms with E-state index < -0.39 is 6.10 Å². The second-order valence-corrected chi connectivity index (χ2v) is 8.20. The monoisotopic (exact) mass is 395 g/mol. The molecule has 1 N–H and O–H groups in total. The molecule has 6 heteroatoms. The van der Waals surface area contributed by atoms with Crippen molar-refractivity contribution in [3.63, 3.8) is 0 Å². The summed E-state index contributed by atoms with van der Waals surface area (Å²) in [5.74, 6) is 0.809. The van der Waals surface area contributed by atoms with Crippen LogP contribution < -0.4 is 10.1 Å². The highest BCUT2D eigenvalue weighted by atomic mass is 32.1. The van der Waals surface area contributed by atoms with Crippen LogP contribution in [0.3, 0.4) is 0 Å². The number of ether oxygens (including phenoxy) is 1. The van der Waals surface area contributed by atoms with Gasteiger partial charge in [0.05, 0.1) is 0 Å². The topological polar surface area (TPSA) is 64.1 Å². The first-order valence-corrected chi connectivity index (χ1v) is 10.1. The predicted molar refractivity (Wildman–Crippen MR) is 114 cm³/mol. The fraction of sp³-hybridized carbons (Fsp3) is 0.318. The third kappa shape index (κ3) is 4.75. The Morgan fingerprint density at radius 3 is 2.36 bits per heavy atom. The standard InChI is InChI=1S/C22H25N3O2S/c1-13(2)18-11-8-15(4)12-19(18)27-16(5)20(26)23-22-25-24-21(28-22)17-9-6-14(3)7-10-17/h6-13,16H,1-5H3,(H,23,25,26)/t16-/m1/s1. The molecule has 3 aromatic rings. The molecule has 1 amide bonds. The van der Waals surface area contributed by atoms with Crippen LogP contribution in [0.15, 0.2) is 42.5 Å². The summed E-state index contributed by atoms with van der Waals surface area (Å²) in [6, 6.07) is 14.1. The Morgan fingerprint density at radius 2 is 1.68 bits per heavy atom. The quantitative estimate of drug-likeness (QED) is 0.611. The second-order valence-electron chi connectivity index (χ2n) is 7.22. The van der Waals surface area contributed by atoms with Crippen LogP contribution in [-0.2, 0) is 4.79 Å². The van der Waals surface area contributed by atoms with Gasteiger partial charge >= 0.3 is 0 Å². The van der Waals surface area contributed by atoms with E-state index in [1.165, 1.54) is 16.9 Å². The van der Waals surface area contributed by atoms with Crippen molar-refractivity contribution in [2.75, 3.05) is 5.32 Å². The minimum atomic E-state index is -0.647. The zero-order chi connectivity index (χ0) is 20.3. The van der Waals surface area contributed by atoms with Crippen LogP contribution in [0.1, 0.15) is 43.4 Å². The van der Waals surface area contributed by atoms with E-state index in [0.29, 0.717) is 11.0 Å². The van der Waals surface area contributed by atoms with Crippen molar-refractivity contribution in [1.29, 1.82) is 0 Å². The minimum Gasteiger partial charge on any atom is -0.481 e. The Labute approximate surface area is 169 Å². The van der Waals surface area contributed by atoms with Crippen LogP contribution in [0, 0.1) is 13.8 Å². The lowest BCUT2D eigenvalue weighted by atomic mass is 10.0. The normalized spacial score (nSPS) is 12.1. The Hall–Kier alpha value is -2.73. The van der Waals surface area contributed by atoms with Gasteiger partial charge in [0.1, 0.15) is 10.8 Å². The summed E-state index contributed by atoms with van der Waals surface area (Å²) in [4.78, 5) is 12.6. The number of nitrogens with zero attached hydrogens (tertiary/aromatic N) is 2. The maximum Gasteiger partial charge on any atom is 0.266 e. The fourth-order valence-electron chi connectivity index (χ4n) is 2.76. The van der Waals surface area contributed by atoms with E-state index in [2.05, 4.69) is 41.5 Å². The number of amides is 1. The van der Waals surface area contributed by atoms with Crippen LogP contribution in [-0.4, -0.2) is 22.2 Å². The van der Waals surface area contributed by atoms with Gasteiger partial charge in [-0.1, -0.05) is 67.1 Å². The highest BCUT2D eigenvalue weighted by molar-refractivity contribution is 7.18. The van der Waals surface area contributed by atoms with Crippen molar-refractivity contribution >= 4 is 22.4 Å². The molecule has 1 aromatic heterocycles. The van der Waals surface area contributed by atoms with Gasteiger partial charge in [-0.05, 0) is 43.9 Å². The molecule has 0 bridgehead atoms. The molecule has 0 spiro atoms. The van der Waals surface area contributed by atoms with E-state index in [4.69, 9.17) is 4.74 Å². The second kappa shape index (κ2) is 8.52. The van der Waals surface area contributed by atoms with E-state index >= 15 is 0 Å². The number of aromatic nitrogens is 2. The first kappa shape index (κ1) is 20.0. The minimum absolute atomic E-state index is 0.247. The van der Waals surface area contributed by atoms with Gasteiger partial charge in [-0.2, -0.15) is 0 Å². The van der Waals surface area contributed by atoms with Gasteiger partial charge in [0.25, 0.3) is 5.91 Å². The van der Waals surface area contributed by atoms with Crippen molar-refractivity contribution in [3.05, 3.63) is 59.2 Å². The SMILES string of the molecule is Cc1ccc(-c2nnc(NC(=O)[C@@H](C)Oc3cc(C)ccc3C(C)C)s2)cc1. The van der Waals surface area contributed by atoms with Crippen LogP contribution in [0.4, 0.5) is 5.13 Å². The molecule has 3 rings (SSSR count). The fourth-order valence-corrected chi connectivity index (χ4v) is 3.51. The molecule has 0 fully saturated rings. The van der Waals surface area contributed by atoms with Crippen LogP contribution in [0.2, 0.25) is 0 Å². The summed E-state index contributed by atoms with van der Waals surface area (Å²) < 4.78 is 5.97. The van der Waals surface area contributed by atoms with Gasteiger partial charge in [0.2, 0.25) is 5.13 Å². The van der Waals surface area contributed by atoms with Crippen molar-refractivity contribution in [2.24, 2.45) is 0 Å². The van der Waals surface area contributed by atoms with E-state index in [1.807, 2.05) is 44.2 Å². The van der Waals surface area contributed by atoms with Crippen molar-refractivity contribution < 1.29 is 9.53 Å². The van der Waals surface area contributed by atoms with Crippen molar-refractivity contribution in [1.82, 2.24) is 10.2 Å². The van der Waals surface area contributed by atoms with Gasteiger partial charge in [0, 0.05) is 5.56 Å². The highest BCUT2D eigenvalue weighted by Crippen LogP contribution is 2.29. The average Bonchev–Trinajstić information content (AvgIpc) is 3.10. The lowest BCUT2D eigenvalue weighted by molar-refractivity contribution is -0.122. The van der Waals surface area contributed by atoms with Crippen LogP contribution in [0.25, 0.3) is 10.6 Å². The van der Waals surface area contributed by atoms with Gasteiger partial charge in [-0.15, -0.1) is 10.2 Å². The van der Waals surface area contributed by atoms with Gasteiger partial charge in [-0.25, -0.2) is 0 Å². The molecule has 28 heavy (non-hydrogen) atoms. The molecule has 0 aliphatic carbocycles. The molecule has 5 nitrogen and oxygen atoms in total. The molecule has 0 saturated heterocycles. The van der Waals surface area contributed by atoms with Gasteiger partial charge in [-0.3, -0.25) is 10.1 Å². The van der Waals surface area contributed by atoms with E-state index in [9.17, 15) is 4.79 Å². The van der Waals surface area contributed by atoms with Crippen molar-refractivity contribution in [3.8, 4) is 16.3 Å². The molecule has 0 aliphatic rings. The zero-order valence-electron chi connectivity index (χ0n) is 16.8. The molecule has 0 unspecified atom stereocenters. The third-order valence-corrected chi connectivity index (χ3v) is 5.31. The first-order valence-electron chi connectivity index (χ1n) is 9.32. The number of hydrogen-bond acceptors (Lipinski definition) is 5. The van der Waals surface area contributed by atoms with E-state index in [0.717, 1.165) is 27.4 Å². The van der Waals surface area contributed by atoms with E-state index in [1.54, 1.807) is 6.92 Å². The smallest absolute Gasteiger partial charge is 0.266 e. The summed E-state index contributed by atoms with van der Waals surface area (Å²) in [6.07, 6.45) is -0.647. The third-order valence-electron chi connectivity index (χ3n) is 4.42. The highest BCUT2D eigenvalue weighted by Gasteiger charge is 2.19. The van der Waals surface area contributed by atoms with Gasteiger partial charge < -0.3 is 4.74 Å².